The van der Waals surface area contributed by atoms with E-state index < -0.39 is 0 Å². The summed E-state index contributed by atoms with van der Waals surface area (Å²) >= 11 is 3.55. The first-order valence-corrected chi connectivity index (χ1v) is 7.45. The van der Waals surface area contributed by atoms with Crippen molar-refractivity contribution >= 4 is 21.6 Å². The van der Waals surface area contributed by atoms with Crippen molar-refractivity contribution in [2.45, 2.75) is 13.5 Å². The molecule has 3 aromatic rings. The van der Waals surface area contributed by atoms with Gasteiger partial charge in [-0.25, -0.2) is 4.98 Å². The van der Waals surface area contributed by atoms with Crippen LogP contribution in [0.25, 0.3) is 5.69 Å². The molecule has 1 aromatic carbocycles. The second-order valence-corrected chi connectivity index (χ2v) is 5.87. The molecule has 0 amide bonds. The van der Waals surface area contributed by atoms with E-state index in [9.17, 15) is 0 Å². The number of halogens is 1. The van der Waals surface area contributed by atoms with E-state index >= 15 is 0 Å². The number of aromatic nitrogens is 2. The topological polar surface area (TPSA) is 43.3 Å². The average molecular weight is 342 g/mol. The first kappa shape index (κ1) is 12.6. The van der Waals surface area contributed by atoms with Gasteiger partial charge in [0.05, 0.1) is 18.5 Å². The van der Waals surface area contributed by atoms with Gasteiger partial charge in [-0.05, 0) is 37.3 Å². The van der Waals surface area contributed by atoms with Crippen LogP contribution in [0.3, 0.4) is 0 Å². The van der Waals surface area contributed by atoms with E-state index in [0.717, 1.165) is 38.7 Å². The van der Waals surface area contributed by atoms with Gasteiger partial charge in [-0.2, -0.15) is 0 Å². The van der Waals surface area contributed by atoms with Gasteiger partial charge in [-0.3, -0.25) is 9.56 Å². The Morgan fingerprint density at radius 2 is 2.19 bits per heavy atom. The number of hydrogen-bond acceptors (Lipinski definition) is 3. The molecule has 1 aliphatic rings. The zero-order chi connectivity index (χ0) is 14.4. The Labute approximate surface area is 130 Å². The van der Waals surface area contributed by atoms with Gasteiger partial charge in [0.2, 0.25) is 0 Å². The van der Waals surface area contributed by atoms with Gasteiger partial charge in [-0.1, -0.05) is 15.9 Å². The number of nitrogens with zero attached hydrogens (tertiary/aromatic N) is 3. The van der Waals surface area contributed by atoms with Crippen molar-refractivity contribution in [3.8, 4) is 5.69 Å². The third-order valence-corrected chi connectivity index (χ3v) is 4.09. The molecular formula is C16H12BrN3O. The molecular weight excluding hydrogens is 330 g/mol. The fourth-order valence-corrected chi connectivity index (χ4v) is 3.04. The van der Waals surface area contributed by atoms with Crippen LogP contribution in [-0.4, -0.2) is 15.3 Å². The van der Waals surface area contributed by atoms with Gasteiger partial charge < -0.3 is 4.42 Å². The Kier molecular flexibility index (Phi) is 2.82. The molecule has 3 heterocycles. The van der Waals surface area contributed by atoms with Crippen molar-refractivity contribution in [2.75, 3.05) is 0 Å². The number of aryl methyl sites for hydroxylation is 1. The molecule has 0 unspecified atom stereocenters. The lowest BCUT2D eigenvalue weighted by molar-refractivity contribution is 0.557. The summed E-state index contributed by atoms with van der Waals surface area (Å²) in [5.74, 6) is 1.72. The van der Waals surface area contributed by atoms with Crippen LogP contribution in [0.1, 0.15) is 22.8 Å². The van der Waals surface area contributed by atoms with Crippen molar-refractivity contribution < 1.29 is 4.42 Å². The highest BCUT2D eigenvalue weighted by Crippen LogP contribution is 2.28. The molecule has 4 rings (SSSR count). The lowest BCUT2D eigenvalue weighted by Gasteiger charge is -2.12. The van der Waals surface area contributed by atoms with Crippen LogP contribution < -0.4 is 0 Å². The summed E-state index contributed by atoms with van der Waals surface area (Å²) in [4.78, 5) is 9.19. The highest BCUT2D eigenvalue weighted by molar-refractivity contribution is 9.10. The maximum Gasteiger partial charge on any atom is 0.152 e. The van der Waals surface area contributed by atoms with Crippen LogP contribution in [-0.2, 0) is 6.54 Å². The van der Waals surface area contributed by atoms with Gasteiger partial charge in [0, 0.05) is 21.9 Å². The lowest BCUT2D eigenvalue weighted by atomic mass is 10.1. The first-order chi connectivity index (χ1) is 10.2. The Morgan fingerprint density at radius 1 is 1.29 bits per heavy atom. The van der Waals surface area contributed by atoms with E-state index in [4.69, 9.17) is 9.41 Å². The van der Waals surface area contributed by atoms with Gasteiger partial charge >= 0.3 is 0 Å². The molecule has 1 aliphatic heterocycles. The molecule has 0 spiro atoms. The normalized spacial score (nSPS) is 13.3. The fourth-order valence-electron chi connectivity index (χ4n) is 2.68. The van der Waals surface area contributed by atoms with Crippen LogP contribution in [0.4, 0.5) is 0 Å². The van der Waals surface area contributed by atoms with Crippen molar-refractivity contribution in [2.24, 2.45) is 4.99 Å². The average Bonchev–Trinajstić information content (AvgIpc) is 3.08. The summed E-state index contributed by atoms with van der Waals surface area (Å²) < 4.78 is 8.72. The molecule has 0 atom stereocenters. The van der Waals surface area contributed by atoms with Crippen LogP contribution >= 0.6 is 15.9 Å². The van der Waals surface area contributed by atoms with Gasteiger partial charge in [0.1, 0.15) is 11.5 Å². The Bertz CT molecular complexity index is 847. The first-order valence-electron chi connectivity index (χ1n) is 6.66. The van der Waals surface area contributed by atoms with Crippen molar-refractivity contribution in [3.05, 3.63) is 70.1 Å². The zero-order valence-electron chi connectivity index (χ0n) is 11.4. The van der Waals surface area contributed by atoms with E-state index in [-0.39, 0.29) is 0 Å². The second kappa shape index (κ2) is 4.70. The summed E-state index contributed by atoms with van der Waals surface area (Å²) in [6.45, 7) is 2.59. The van der Waals surface area contributed by atoms with Crippen molar-refractivity contribution in [1.29, 1.82) is 0 Å². The molecule has 21 heavy (non-hydrogen) atoms. The minimum atomic E-state index is 0.538. The summed E-state index contributed by atoms with van der Waals surface area (Å²) in [6, 6.07) is 10.0. The number of fused-ring (bicyclic) bond motifs is 3. The zero-order valence-corrected chi connectivity index (χ0v) is 13.0. The molecule has 0 saturated heterocycles. The molecule has 0 fully saturated rings. The van der Waals surface area contributed by atoms with Gasteiger partial charge in [0.15, 0.2) is 5.76 Å². The maximum absolute atomic E-state index is 5.56. The second-order valence-electron chi connectivity index (χ2n) is 4.95. The van der Waals surface area contributed by atoms with E-state index in [1.807, 2.05) is 24.4 Å². The van der Waals surface area contributed by atoms with Gasteiger partial charge in [-0.15, -0.1) is 0 Å². The van der Waals surface area contributed by atoms with Gasteiger partial charge in [0.25, 0.3) is 0 Å². The van der Waals surface area contributed by atoms with Crippen molar-refractivity contribution in [3.63, 3.8) is 0 Å². The molecule has 104 valence electrons. The van der Waals surface area contributed by atoms with E-state index in [2.05, 4.69) is 44.5 Å². The molecule has 0 bridgehead atoms. The summed E-state index contributed by atoms with van der Waals surface area (Å²) in [6.07, 6.45) is 3.55. The molecule has 5 heteroatoms. The number of rotatable bonds is 1. The standard InChI is InChI=1S/C16H12BrN3O/c1-10-8-18-15-9-19-16(14-3-2-6-21-14)12-7-11(17)4-5-13(12)20(10)15/h2-8H,9H2,1H3. The Morgan fingerprint density at radius 3 is 3.00 bits per heavy atom. The lowest BCUT2D eigenvalue weighted by Crippen LogP contribution is -2.07. The quantitative estimate of drug-likeness (QED) is 0.673. The minimum Gasteiger partial charge on any atom is -0.463 e. The molecule has 0 N–H and O–H groups in total. The van der Waals surface area contributed by atoms with Crippen LogP contribution in [0.2, 0.25) is 0 Å². The third-order valence-electron chi connectivity index (χ3n) is 3.60. The minimum absolute atomic E-state index is 0.538. The summed E-state index contributed by atoms with van der Waals surface area (Å²) in [7, 11) is 0. The molecule has 0 aliphatic carbocycles. The number of hydrogen-bond donors (Lipinski definition) is 0. The predicted octanol–water partition coefficient (Wildman–Crippen LogP) is 3.89. The molecule has 0 saturated carbocycles. The SMILES string of the molecule is Cc1cnc2n1-c1ccc(Br)cc1C(c1ccco1)=NC2. The Hall–Kier alpha value is -2.14. The predicted molar refractivity (Wildman–Crippen MR) is 84.1 cm³/mol. The number of imidazole rings is 1. The fraction of sp³-hybridized carbons (Fsp3) is 0.125. The van der Waals surface area contributed by atoms with Crippen LogP contribution in [0.5, 0.6) is 0 Å². The highest BCUT2D eigenvalue weighted by atomic mass is 79.9. The Balaban J connectivity index is 2.03. The van der Waals surface area contributed by atoms with E-state index in [0.29, 0.717) is 6.54 Å². The van der Waals surface area contributed by atoms with E-state index in [1.54, 1.807) is 6.26 Å². The van der Waals surface area contributed by atoms with E-state index in [1.165, 1.54) is 0 Å². The number of furan rings is 1. The molecule has 4 nitrogen and oxygen atoms in total. The monoisotopic (exact) mass is 341 g/mol. The molecule has 0 radical (unpaired) electrons. The highest BCUT2D eigenvalue weighted by Gasteiger charge is 2.22. The molecule has 2 aromatic heterocycles. The smallest absolute Gasteiger partial charge is 0.152 e. The van der Waals surface area contributed by atoms with Crippen LogP contribution in [0.15, 0.2) is 56.7 Å². The summed E-state index contributed by atoms with van der Waals surface area (Å²) in [5.41, 5.74) is 4.08. The van der Waals surface area contributed by atoms with Crippen molar-refractivity contribution in [1.82, 2.24) is 9.55 Å². The summed E-state index contributed by atoms with van der Waals surface area (Å²) in [5, 5.41) is 0. The third kappa shape index (κ3) is 1.96. The maximum atomic E-state index is 5.56. The number of aliphatic imine (C=N–C) groups is 1. The largest absolute Gasteiger partial charge is 0.463 e. The van der Waals surface area contributed by atoms with Crippen LogP contribution in [0, 0.1) is 6.92 Å². The number of benzene rings is 1.